The van der Waals surface area contributed by atoms with Crippen molar-refractivity contribution in [1.29, 1.82) is 0 Å². The summed E-state index contributed by atoms with van der Waals surface area (Å²) in [6, 6.07) is 5.82. The lowest BCUT2D eigenvalue weighted by Crippen LogP contribution is -2.33. The van der Waals surface area contributed by atoms with Gasteiger partial charge >= 0.3 is 0 Å². The van der Waals surface area contributed by atoms with Crippen LogP contribution in [-0.4, -0.2) is 51.1 Å². The average molecular weight is 286 g/mol. The van der Waals surface area contributed by atoms with Crippen molar-refractivity contribution in [3.8, 4) is 0 Å². The van der Waals surface area contributed by atoms with E-state index in [1.165, 1.54) is 30.1 Å². The van der Waals surface area contributed by atoms with Gasteiger partial charge in [-0.3, -0.25) is 4.79 Å². The van der Waals surface area contributed by atoms with Crippen LogP contribution in [0.1, 0.15) is 17.3 Å². The highest BCUT2D eigenvalue weighted by Crippen LogP contribution is 2.13. The summed E-state index contributed by atoms with van der Waals surface area (Å²) in [5.41, 5.74) is 0.284. The molecule has 0 aliphatic rings. The summed E-state index contributed by atoms with van der Waals surface area (Å²) in [4.78, 5) is 13.6. The van der Waals surface area contributed by atoms with E-state index in [2.05, 4.69) is 4.72 Å². The number of nitrogens with one attached hydrogen (secondary N) is 1. The molecule has 0 radical (unpaired) electrons. The van der Waals surface area contributed by atoms with E-state index in [-0.39, 0.29) is 29.5 Å². The fourth-order valence-electron chi connectivity index (χ4n) is 1.62. The number of benzene rings is 1. The molecule has 0 atom stereocenters. The fraction of sp³-hybridized carbons (Fsp3) is 0.417. The Bertz CT molecular complexity index is 542. The topological polar surface area (TPSA) is 86.7 Å². The van der Waals surface area contributed by atoms with E-state index >= 15 is 0 Å². The van der Waals surface area contributed by atoms with Crippen LogP contribution in [0.2, 0.25) is 0 Å². The van der Waals surface area contributed by atoms with Crippen molar-refractivity contribution < 1.29 is 18.3 Å². The number of nitrogens with zero attached hydrogens (tertiary/aromatic N) is 1. The van der Waals surface area contributed by atoms with Gasteiger partial charge in [0.2, 0.25) is 10.0 Å². The van der Waals surface area contributed by atoms with E-state index in [1.807, 2.05) is 0 Å². The molecular weight excluding hydrogens is 268 g/mol. The summed E-state index contributed by atoms with van der Waals surface area (Å²) in [5, 5.41) is 8.89. The number of aliphatic hydroxyl groups excluding tert-OH is 1. The third kappa shape index (κ3) is 3.76. The normalized spacial score (nSPS) is 11.3. The first kappa shape index (κ1) is 15.6. The maximum atomic E-state index is 12.1. The number of rotatable bonds is 6. The molecule has 1 aromatic carbocycles. The van der Waals surface area contributed by atoms with Crippen molar-refractivity contribution in [2.45, 2.75) is 11.8 Å². The van der Waals surface area contributed by atoms with Crippen LogP contribution >= 0.6 is 0 Å². The van der Waals surface area contributed by atoms with Crippen LogP contribution in [0.25, 0.3) is 0 Å². The van der Waals surface area contributed by atoms with Gasteiger partial charge in [0.15, 0.2) is 0 Å². The summed E-state index contributed by atoms with van der Waals surface area (Å²) in [7, 11) is -2.26. The minimum Gasteiger partial charge on any atom is -0.395 e. The molecular formula is C12H18N2O4S. The molecule has 106 valence electrons. The van der Waals surface area contributed by atoms with E-state index in [0.717, 1.165) is 0 Å². The van der Waals surface area contributed by atoms with E-state index in [9.17, 15) is 13.2 Å². The number of sulfonamides is 1. The molecule has 1 amide bonds. The van der Waals surface area contributed by atoms with Gasteiger partial charge in [-0.05, 0) is 32.2 Å². The van der Waals surface area contributed by atoms with E-state index in [1.54, 1.807) is 13.0 Å². The predicted octanol–water partition coefficient (Wildman–Crippen LogP) is 0.0491. The third-order valence-corrected chi connectivity index (χ3v) is 4.11. The third-order valence-electron chi connectivity index (χ3n) is 2.70. The molecule has 0 saturated heterocycles. The van der Waals surface area contributed by atoms with Crippen molar-refractivity contribution in [2.75, 3.05) is 26.7 Å². The molecule has 0 saturated carbocycles. The van der Waals surface area contributed by atoms with Crippen LogP contribution in [0.4, 0.5) is 0 Å². The number of aliphatic hydroxyl groups is 1. The lowest BCUT2D eigenvalue weighted by atomic mass is 10.2. The molecule has 6 nitrogen and oxygen atoms in total. The lowest BCUT2D eigenvalue weighted by Gasteiger charge is -2.19. The number of amides is 1. The van der Waals surface area contributed by atoms with Crippen LogP contribution in [-0.2, 0) is 10.0 Å². The van der Waals surface area contributed by atoms with Gasteiger partial charge in [0.05, 0.1) is 11.5 Å². The first-order chi connectivity index (χ1) is 8.96. The Kier molecular flexibility index (Phi) is 5.46. The Morgan fingerprint density at radius 1 is 1.42 bits per heavy atom. The van der Waals surface area contributed by atoms with E-state index in [0.29, 0.717) is 6.54 Å². The second kappa shape index (κ2) is 6.65. The molecule has 0 aromatic heterocycles. The SMILES string of the molecule is CCN(CCO)C(=O)c1cccc(S(=O)(=O)NC)c1. The molecule has 19 heavy (non-hydrogen) atoms. The Morgan fingerprint density at radius 2 is 2.11 bits per heavy atom. The highest BCUT2D eigenvalue weighted by molar-refractivity contribution is 7.89. The molecule has 0 bridgehead atoms. The molecule has 0 heterocycles. The monoisotopic (exact) mass is 286 g/mol. The molecule has 0 aliphatic carbocycles. The number of likely N-dealkylation sites (N-methyl/N-ethyl adjacent to an activating group) is 1. The van der Waals surface area contributed by atoms with Crippen LogP contribution in [0, 0.1) is 0 Å². The highest BCUT2D eigenvalue weighted by Gasteiger charge is 2.17. The zero-order valence-electron chi connectivity index (χ0n) is 11.0. The molecule has 0 unspecified atom stereocenters. The van der Waals surface area contributed by atoms with Gasteiger partial charge in [-0.1, -0.05) is 6.07 Å². The van der Waals surface area contributed by atoms with Gasteiger partial charge in [-0.25, -0.2) is 13.1 Å². The van der Waals surface area contributed by atoms with Crippen LogP contribution in [0.15, 0.2) is 29.2 Å². The van der Waals surface area contributed by atoms with Gasteiger partial charge in [0.25, 0.3) is 5.91 Å². The maximum Gasteiger partial charge on any atom is 0.253 e. The van der Waals surface area contributed by atoms with Crippen LogP contribution in [0.3, 0.4) is 0 Å². The first-order valence-corrected chi connectivity index (χ1v) is 7.38. The minimum absolute atomic E-state index is 0.0425. The van der Waals surface area contributed by atoms with Crippen molar-refractivity contribution in [1.82, 2.24) is 9.62 Å². The van der Waals surface area contributed by atoms with E-state index < -0.39 is 10.0 Å². The number of hydrogen-bond acceptors (Lipinski definition) is 4. The average Bonchev–Trinajstić information content (AvgIpc) is 2.44. The standard InChI is InChI=1S/C12H18N2O4S/c1-3-14(7-8-15)12(16)10-5-4-6-11(9-10)19(17,18)13-2/h4-6,9,13,15H,3,7-8H2,1-2H3. The molecule has 1 rings (SSSR count). The molecule has 7 heteroatoms. The smallest absolute Gasteiger partial charge is 0.253 e. The van der Waals surface area contributed by atoms with E-state index in [4.69, 9.17) is 5.11 Å². The molecule has 0 spiro atoms. The summed E-state index contributed by atoms with van der Waals surface area (Å²) < 4.78 is 25.5. The Morgan fingerprint density at radius 3 is 2.63 bits per heavy atom. The fourth-order valence-corrected chi connectivity index (χ4v) is 2.40. The van der Waals surface area contributed by atoms with Crippen molar-refractivity contribution in [2.24, 2.45) is 0 Å². The van der Waals surface area contributed by atoms with Crippen molar-refractivity contribution >= 4 is 15.9 Å². The summed E-state index contributed by atoms with van der Waals surface area (Å²) in [6.07, 6.45) is 0. The van der Waals surface area contributed by atoms with Crippen LogP contribution < -0.4 is 4.72 Å². The largest absolute Gasteiger partial charge is 0.395 e. The number of carbonyl (C=O) groups is 1. The van der Waals surface area contributed by atoms with Gasteiger partial charge in [0.1, 0.15) is 0 Å². The summed E-state index contributed by atoms with van der Waals surface area (Å²) in [5.74, 6) is -0.301. The number of hydrogen-bond donors (Lipinski definition) is 2. The summed E-state index contributed by atoms with van der Waals surface area (Å²) in [6.45, 7) is 2.33. The number of carbonyl (C=O) groups excluding carboxylic acids is 1. The van der Waals surface area contributed by atoms with Gasteiger partial charge in [0, 0.05) is 18.7 Å². The quantitative estimate of drug-likeness (QED) is 0.773. The lowest BCUT2D eigenvalue weighted by molar-refractivity contribution is 0.0731. The second-order valence-corrected chi connectivity index (χ2v) is 5.73. The van der Waals surface area contributed by atoms with Gasteiger partial charge in [-0.2, -0.15) is 0 Å². The predicted molar refractivity (Wildman–Crippen MR) is 71.4 cm³/mol. The maximum absolute atomic E-state index is 12.1. The molecule has 0 fully saturated rings. The Labute approximate surface area is 113 Å². The highest BCUT2D eigenvalue weighted by atomic mass is 32.2. The van der Waals surface area contributed by atoms with Crippen molar-refractivity contribution in [3.63, 3.8) is 0 Å². The van der Waals surface area contributed by atoms with Gasteiger partial charge < -0.3 is 10.0 Å². The zero-order chi connectivity index (χ0) is 14.5. The Balaban J connectivity index is 3.09. The van der Waals surface area contributed by atoms with Gasteiger partial charge in [-0.15, -0.1) is 0 Å². The molecule has 0 aliphatic heterocycles. The first-order valence-electron chi connectivity index (χ1n) is 5.90. The molecule has 1 aromatic rings. The summed E-state index contributed by atoms with van der Waals surface area (Å²) >= 11 is 0. The second-order valence-electron chi connectivity index (χ2n) is 3.84. The zero-order valence-corrected chi connectivity index (χ0v) is 11.8. The minimum atomic E-state index is -3.57. The molecule has 2 N–H and O–H groups in total. The van der Waals surface area contributed by atoms with Crippen molar-refractivity contribution in [3.05, 3.63) is 29.8 Å². The Hall–Kier alpha value is -1.44. The van der Waals surface area contributed by atoms with Crippen LogP contribution in [0.5, 0.6) is 0 Å².